The Morgan fingerprint density at radius 3 is 2.51 bits per heavy atom. The molecule has 1 N–H and O–H groups in total. The number of hydrogen-bond acceptors (Lipinski definition) is 3. The molecule has 5 rings (SSSR count). The topological polar surface area (TPSA) is 59.8 Å². The minimum Gasteiger partial charge on any atom is -0.348 e. The number of aryl methyl sites for hydroxylation is 1. The maximum absolute atomic E-state index is 14.0. The fraction of sp³-hybridized carbons (Fsp3) is 0.138. The van der Waals surface area contributed by atoms with Gasteiger partial charge in [0.1, 0.15) is 5.82 Å². The minimum atomic E-state index is -0.344. The molecule has 0 unspecified atom stereocenters. The van der Waals surface area contributed by atoms with Crippen molar-refractivity contribution in [3.63, 3.8) is 0 Å². The second kappa shape index (κ2) is 9.50. The Morgan fingerprint density at radius 2 is 1.74 bits per heavy atom. The molecule has 174 valence electrons. The predicted molar refractivity (Wildman–Crippen MR) is 136 cm³/mol. The van der Waals surface area contributed by atoms with Crippen LogP contribution in [0.1, 0.15) is 34.1 Å². The van der Waals surface area contributed by atoms with Crippen LogP contribution in [0.3, 0.4) is 0 Å². The van der Waals surface area contributed by atoms with Crippen LogP contribution in [0.15, 0.2) is 85.1 Å². The molecule has 0 bridgehead atoms. The van der Waals surface area contributed by atoms with Crippen molar-refractivity contribution in [2.24, 2.45) is 0 Å². The summed E-state index contributed by atoms with van der Waals surface area (Å²) in [6.45, 7) is 4.22. The van der Waals surface area contributed by atoms with E-state index in [0.717, 1.165) is 28.8 Å². The van der Waals surface area contributed by atoms with E-state index in [1.165, 1.54) is 11.6 Å². The van der Waals surface area contributed by atoms with E-state index >= 15 is 0 Å². The summed E-state index contributed by atoms with van der Waals surface area (Å²) in [5.41, 5.74) is 6.30. The average molecular weight is 465 g/mol. The van der Waals surface area contributed by atoms with Gasteiger partial charge in [0, 0.05) is 23.1 Å². The Kier molecular flexibility index (Phi) is 6.10. The molecule has 0 saturated carbocycles. The monoisotopic (exact) mass is 464 g/mol. The molecule has 0 radical (unpaired) electrons. The number of nitrogens with zero attached hydrogens (tertiary/aromatic N) is 3. The zero-order chi connectivity index (χ0) is 24.4. The molecule has 5 nitrogen and oxygen atoms in total. The van der Waals surface area contributed by atoms with E-state index in [1.54, 1.807) is 30.5 Å². The fourth-order valence-electron chi connectivity index (χ4n) is 4.21. The quantitative estimate of drug-likeness (QED) is 0.334. The highest BCUT2D eigenvalue weighted by atomic mass is 19.1. The Balaban J connectivity index is 1.52. The van der Waals surface area contributed by atoms with E-state index in [2.05, 4.69) is 41.6 Å². The van der Waals surface area contributed by atoms with Crippen LogP contribution < -0.4 is 5.32 Å². The van der Waals surface area contributed by atoms with Gasteiger partial charge in [-0.15, -0.1) is 0 Å². The summed E-state index contributed by atoms with van der Waals surface area (Å²) < 4.78 is 15.9. The van der Waals surface area contributed by atoms with E-state index in [4.69, 9.17) is 4.98 Å². The summed E-state index contributed by atoms with van der Waals surface area (Å²) in [7, 11) is 0. The lowest BCUT2D eigenvalue weighted by Crippen LogP contribution is -2.23. The molecule has 3 aromatic carbocycles. The number of pyridine rings is 1. The predicted octanol–water partition coefficient (Wildman–Crippen LogP) is 6.03. The van der Waals surface area contributed by atoms with Crippen LogP contribution in [0.4, 0.5) is 4.39 Å². The lowest BCUT2D eigenvalue weighted by atomic mass is 10.0. The number of aromatic nitrogens is 3. The summed E-state index contributed by atoms with van der Waals surface area (Å²) in [6.07, 6.45) is 2.76. The van der Waals surface area contributed by atoms with Crippen molar-refractivity contribution in [2.45, 2.75) is 26.8 Å². The van der Waals surface area contributed by atoms with Gasteiger partial charge >= 0.3 is 0 Å². The molecule has 0 aliphatic rings. The third-order valence-corrected chi connectivity index (χ3v) is 6.23. The van der Waals surface area contributed by atoms with E-state index in [0.29, 0.717) is 22.3 Å². The molecule has 0 spiro atoms. The summed E-state index contributed by atoms with van der Waals surface area (Å²) in [5, 5.41) is 8.19. The summed E-state index contributed by atoms with van der Waals surface area (Å²) >= 11 is 0. The van der Waals surface area contributed by atoms with E-state index < -0.39 is 0 Å². The second-order valence-corrected chi connectivity index (χ2v) is 8.42. The van der Waals surface area contributed by atoms with Crippen LogP contribution in [0.2, 0.25) is 0 Å². The number of rotatable bonds is 6. The first kappa shape index (κ1) is 22.5. The first-order valence-corrected chi connectivity index (χ1v) is 11.6. The Labute approximate surface area is 203 Å². The maximum Gasteiger partial charge on any atom is 0.252 e. The molecule has 1 amide bonds. The van der Waals surface area contributed by atoms with Gasteiger partial charge in [0.15, 0.2) is 0 Å². The lowest BCUT2D eigenvalue weighted by molar-refractivity contribution is 0.0952. The van der Waals surface area contributed by atoms with Crippen molar-refractivity contribution in [3.8, 4) is 16.9 Å². The number of benzene rings is 3. The summed E-state index contributed by atoms with van der Waals surface area (Å²) in [6, 6.07) is 24.0. The van der Waals surface area contributed by atoms with Gasteiger partial charge in [-0.2, -0.15) is 5.10 Å². The number of carbonyl (C=O) groups excluding carboxylic acids is 1. The number of halogens is 1. The third-order valence-electron chi connectivity index (χ3n) is 6.23. The van der Waals surface area contributed by atoms with Crippen LogP contribution in [-0.4, -0.2) is 20.7 Å². The van der Waals surface area contributed by atoms with Crippen LogP contribution >= 0.6 is 0 Å². The van der Waals surface area contributed by atoms with Gasteiger partial charge in [-0.1, -0.05) is 55.5 Å². The number of para-hydroxylation sites is 1. The minimum absolute atomic E-state index is 0.0994. The van der Waals surface area contributed by atoms with Crippen molar-refractivity contribution in [1.29, 1.82) is 0 Å². The summed E-state index contributed by atoms with van der Waals surface area (Å²) in [4.78, 5) is 18.0. The summed E-state index contributed by atoms with van der Waals surface area (Å²) in [5.74, 6) is -0.628. The van der Waals surface area contributed by atoms with Crippen LogP contribution in [0.5, 0.6) is 0 Å². The molecule has 0 fully saturated rings. The number of amides is 1. The van der Waals surface area contributed by atoms with E-state index in [-0.39, 0.29) is 18.3 Å². The standard InChI is InChI=1S/C29H25FN4O/c1-3-20-12-14-22(15-13-20)34-19(2)25(18-32-34)28-16-24(23-9-5-7-11-27(23)33-28)29(35)31-17-21-8-4-6-10-26(21)30/h4-16,18H,3,17H2,1-2H3,(H,31,35). The van der Waals surface area contributed by atoms with Gasteiger partial charge in [0.05, 0.1) is 34.4 Å². The van der Waals surface area contributed by atoms with Crippen molar-refractivity contribution >= 4 is 16.8 Å². The Morgan fingerprint density at radius 1 is 1.00 bits per heavy atom. The largest absolute Gasteiger partial charge is 0.348 e. The molecular formula is C29H25FN4O. The van der Waals surface area contributed by atoms with Crippen molar-refractivity contribution in [2.75, 3.05) is 0 Å². The first-order valence-electron chi connectivity index (χ1n) is 11.6. The van der Waals surface area contributed by atoms with Crippen molar-refractivity contribution in [3.05, 3.63) is 113 Å². The van der Waals surface area contributed by atoms with Gasteiger partial charge in [-0.3, -0.25) is 4.79 Å². The van der Waals surface area contributed by atoms with Gasteiger partial charge < -0.3 is 5.32 Å². The third kappa shape index (κ3) is 4.43. The van der Waals surface area contributed by atoms with Crippen LogP contribution in [0.25, 0.3) is 27.8 Å². The molecule has 2 heterocycles. The number of nitrogens with one attached hydrogen (secondary N) is 1. The van der Waals surface area contributed by atoms with E-state index in [1.807, 2.05) is 35.9 Å². The maximum atomic E-state index is 14.0. The molecule has 0 aliphatic carbocycles. The normalized spacial score (nSPS) is 11.1. The second-order valence-electron chi connectivity index (χ2n) is 8.42. The number of carbonyl (C=O) groups is 1. The zero-order valence-corrected chi connectivity index (χ0v) is 19.6. The fourth-order valence-corrected chi connectivity index (χ4v) is 4.21. The zero-order valence-electron chi connectivity index (χ0n) is 19.6. The van der Waals surface area contributed by atoms with Crippen molar-refractivity contribution < 1.29 is 9.18 Å². The Hall–Kier alpha value is -4.32. The molecule has 5 aromatic rings. The highest BCUT2D eigenvalue weighted by Crippen LogP contribution is 2.28. The van der Waals surface area contributed by atoms with Gasteiger partial charge in [-0.05, 0) is 49.2 Å². The van der Waals surface area contributed by atoms with Gasteiger partial charge in [0.25, 0.3) is 5.91 Å². The van der Waals surface area contributed by atoms with Crippen molar-refractivity contribution in [1.82, 2.24) is 20.1 Å². The highest BCUT2D eigenvalue weighted by Gasteiger charge is 2.17. The SMILES string of the molecule is CCc1ccc(-n2ncc(-c3cc(C(=O)NCc4ccccc4F)c4ccccc4n3)c2C)cc1. The number of hydrogen-bond donors (Lipinski definition) is 1. The highest BCUT2D eigenvalue weighted by molar-refractivity contribution is 6.07. The first-order chi connectivity index (χ1) is 17.0. The average Bonchev–Trinajstić information content (AvgIpc) is 3.28. The Bertz CT molecular complexity index is 1520. The molecular weight excluding hydrogens is 439 g/mol. The molecule has 6 heteroatoms. The smallest absolute Gasteiger partial charge is 0.252 e. The van der Waals surface area contributed by atoms with Gasteiger partial charge in [-0.25, -0.2) is 14.1 Å². The number of fused-ring (bicyclic) bond motifs is 1. The molecule has 2 aromatic heterocycles. The molecule has 0 aliphatic heterocycles. The van der Waals surface area contributed by atoms with Gasteiger partial charge in [0.2, 0.25) is 0 Å². The molecule has 0 atom stereocenters. The van der Waals surface area contributed by atoms with Crippen LogP contribution in [0, 0.1) is 12.7 Å². The molecule has 35 heavy (non-hydrogen) atoms. The van der Waals surface area contributed by atoms with E-state index in [9.17, 15) is 9.18 Å². The van der Waals surface area contributed by atoms with Crippen LogP contribution in [-0.2, 0) is 13.0 Å². The molecule has 0 saturated heterocycles. The lowest BCUT2D eigenvalue weighted by Gasteiger charge is -2.11.